The molecule has 0 radical (unpaired) electrons. The zero-order valence-electron chi connectivity index (χ0n) is 18.1. The number of β-lactam (4-membered cyclic amide) rings is 1. The molecule has 34 heavy (non-hydrogen) atoms. The van der Waals surface area contributed by atoms with Crippen LogP contribution < -0.4 is 40.0 Å². The number of carbonyl (C=O) groups excluding carboxylic acids is 4. The summed E-state index contributed by atoms with van der Waals surface area (Å²) in [6.45, 7) is 0.162. The predicted octanol–water partition coefficient (Wildman–Crippen LogP) is -4.38. The van der Waals surface area contributed by atoms with Gasteiger partial charge in [0.05, 0.1) is 11.7 Å². The third-order valence-electron chi connectivity index (χ3n) is 5.03. The topological polar surface area (TPSA) is 159 Å². The quantitative estimate of drug-likeness (QED) is 0.150. The van der Waals surface area contributed by atoms with Crippen molar-refractivity contribution in [3.8, 4) is 0 Å². The number of aromatic nitrogens is 4. The minimum absolute atomic E-state index is 0. The summed E-state index contributed by atoms with van der Waals surface area (Å²) < 4.78 is 6.38. The maximum absolute atomic E-state index is 12.8. The molecule has 1 fully saturated rings. The Labute approximate surface area is 224 Å². The third kappa shape index (κ3) is 5.15. The van der Waals surface area contributed by atoms with Crippen LogP contribution in [0.4, 0.5) is 0 Å². The summed E-state index contributed by atoms with van der Waals surface area (Å²) in [7, 11) is 1.66. The second kappa shape index (κ2) is 11.4. The van der Waals surface area contributed by atoms with Crippen LogP contribution in [-0.4, -0.2) is 72.3 Å². The first-order chi connectivity index (χ1) is 15.9. The third-order valence-corrected chi connectivity index (χ3v) is 7.46. The first-order valence-electron chi connectivity index (χ1n) is 9.60. The van der Waals surface area contributed by atoms with E-state index in [4.69, 9.17) is 4.74 Å². The van der Waals surface area contributed by atoms with Gasteiger partial charge in [-0.15, -0.1) is 16.9 Å². The molecule has 2 amide bonds. The normalized spacial score (nSPS) is 19.9. The minimum Gasteiger partial charge on any atom is -0.543 e. The van der Waals surface area contributed by atoms with Gasteiger partial charge in [0.25, 0.3) is 18.3 Å². The van der Waals surface area contributed by atoms with Gasteiger partial charge in [-0.25, -0.2) is 4.68 Å². The van der Waals surface area contributed by atoms with Crippen molar-refractivity contribution in [2.45, 2.75) is 22.7 Å². The largest absolute Gasteiger partial charge is 1.00 e. The van der Waals surface area contributed by atoms with Gasteiger partial charge in [-0.2, -0.15) is 0 Å². The Morgan fingerprint density at radius 3 is 2.74 bits per heavy atom. The van der Waals surface area contributed by atoms with E-state index in [2.05, 4.69) is 20.8 Å². The van der Waals surface area contributed by atoms with E-state index in [9.17, 15) is 24.3 Å². The molecule has 0 bridgehead atoms. The average molecular weight is 513 g/mol. The first-order valence-corrected chi connectivity index (χ1v) is 11.6. The van der Waals surface area contributed by atoms with Crippen LogP contribution in [0, 0.1) is 0 Å². The zero-order chi connectivity index (χ0) is 23.5. The maximum atomic E-state index is 12.8. The van der Waals surface area contributed by atoms with Gasteiger partial charge < -0.3 is 20.0 Å². The van der Waals surface area contributed by atoms with Crippen LogP contribution >= 0.6 is 23.5 Å². The van der Waals surface area contributed by atoms with Crippen molar-refractivity contribution in [3.05, 3.63) is 47.2 Å². The van der Waals surface area contributed by atoms with Crippen LogP contribution in [0.25, 0.3) is 0 Å². The molecule has 12 nitrogen and oxygen atoms in total. The molecule has 0 aliphatic carbocycles. The zero-order valence-corrected chi connectivity index (χ0v) is 21.7. The molecule has 3 atom stereocenters. The molecule has 1 aromatic heterocycles. The summed E-state index contributed by atoms with van der Waals surface area (Å²) in [6.07, 6.45) is -1.23. The van der Waals surface area contributed by atoms with Gasteiger partial charge in [-0.1, -0.05) is 42.1 Å². The van der Waals surface area contributed by atoms with E-state index in [1.54, 1.807) is 37.4 Å². The number of carboxylic acids is 1. The molecule has 1 saturated heterocycles. The summed E-state index contributed by atoms with van der Waals surface area (Å²) in [5.74, 6) is -2.17. The van der Waals surface area contributed by atoms with E-state index in [0.717, 1.165) is 4.90 Å². The molecule has 1 aromatic carbocycles. The van der Waals surface area contributed by atoms with Crippen LogP contribution in [-0.2, 0) is 31.0 Å². The Morgan fingerprint density at radius 2 is 2.12 bits per heavy atom. The molecule has 1 N–H and O–H groups in total. The number of thioether (sulfide) groups is 2. The number of amides is 2. The van der Waals surface area contributed by atoms with Crippen molar-refractivity contribution in [1.29, 1.82) is 0 Å². The number of nitrogens with one attached hydrogen (secondary N) is 1. The van der Waals surface area contributed by atoms with Crippen LogP contribution in [0.2, 0.25) is 0 Å². The number of benzene rings is 1. The number of ether oxygens (including phenoxy) is 1. The van der Waals surface area contributed by atoms with Gasteiger partial charge >= 0.3 is 29.6 Å². The van der Waals surface area contributed by atoms with Gasteiger partial charge in [0.2, 0.25) is 11.3 Å². The molecule has 172 valence electrons. The number of nitrogens with zero attached hydrogens (tertiary/aromatic N) is 5. The minimum atomic E-state index is -1.48. The number of carbonyl (C=O) groups is 4. The van der Waals surface area contributed by atoms with E-state index in [1.807, 2.05) is 0 Å². The molecule has 2 aliphatic rings. The predicted molar refractivity (Wildman–Crippen MR) is 113 cm³/mol. The van der Waals surface area contributed by atoms with Crippen molar-refractivity contribution in [3.63, 3.8) is 0 Å². The molecule has 0 spiro atoms. The average Bonchev–Trinajstić information content (AvgIpc) is 3.23. The van der Waals surface area contributed by atoms with Crippen LogP contribution in [0.1, 0.15) is 11.7 Å². The Bertz CT molecular complexity index is 1130. The van der Waals surface area contributed by atoms with E-state index in [0.29, 0.717) is 22.0 Å². The Morgan fingerprint density at radius 1 is 1.38 bits per heavy atom. The Kier molecular flexibility index (Phi) is 8.76. The Balaban J connectivity index is 0.00000324. The van der Waals surface area contributed by atoms with Crippen LogP contribution in [0.3, 0.4) is 0 Å². The fourth-order valence-electron chi connectivity index (χ4n) is 3.48. The summed E-state index contributed by atoms with van der Waals surface area (Å²) >= 11 is 2.55. The molecule has 4 rings (SSSR count). The van der Waals surface area contributed by atoms with Gasteiger partial charge in [-0.3, -0.25) is 19.3 Å². The molecular formula is C19H17N6NaO6S2. The smallest absolute Gasteiger partial charge is 0.543 e. The van der Waals surface area contributed by atoms with Crippen molar-refractivity contribution in [2.75, 3.05) is 11.5 Å². The van der Waals surface area contributed by atoms with E-state index < -0.39 is 35.3 Å². The molecular weight excluding hydrogens is 495 g/mol. The van der Waals surface area contributed by atoms with E-state index in [1.165, 1.54) is 28.2 Å². The maximum Gasteiger partial charge on any atom is 1.00 e. The van der Waals surface area contributed by atoms with Gasteiger partial charge in [-0.05, 0) is 16.0 Å². The number of tetrazole rings is 1. The molecule has 2 unspecified atom stereocenters. The summed E-state index contributed by atoms with van der Waals surface area (Å²) in [4.78, 5) is 49.5. The number of aryl methyl sites for hydroxylation is 1. The monoisotopic (exact) mass is 512 g/mol. The van der Waals surface area contributed by atoms with E-state index >= 15 is 0 Å². The number of rotatable bonds is 9. The molecule has 2 aliphatic heterocycles. The van der Waals surface area contributed by atoms with Gasteiger partial charge in [0, 0.05) is 24.1 Å². The van der Waals surface area contributed by atoms with E-state index in [-0.39, 0.29) is 47.5 Å². The van der Waals surface area contributed by atoms with Crippen molar-refractivity contribution in [1.82, 2.24) is 30.4 Å². The first kappa shape index (κ1) is 26.2. The second-order valence-corrected chi connectivity index (χ2v) is 9.08. The van der Waals surface area contributed by atoms with Crippen LogP contribution in [0.15, 0.2) is 46.8 Å². The van der Waals surface area contributed by atoms with Crippen molar-refractivity contribution >= 4 is 47.8 Å². The van der Waals surface area contributed by atoms with Crippen molar-refractivity contribution < 1.29 is 58.6 Å². The van der Waals surface area contributed by atoms with Crippen molar-refractivity contribution in [2.24, 2.45) is 7.05 Å². The number of hydrogen-bond acceptors (Lipinski definition) is 11. The number of aliphatic carboxylic acids is 1. The molecule has 0 saturated carbocycles. The van der Waals surface area contributed by atoms with Gasteiger partial charge in [0.1, 0.15) is 11.4 Å². The standard InChI is InChI=1S/C19H18N6O6S2.Na/c1-24-19(21-22-23-24)33-8-11-7-32-17-12(16(28)25(17)13(11)18(29)30)20-15(27)14(31-9-26)10-5-3-2-4-6-10;/h2-6,9,12,14,17H,7-8H2,1H3,(H,20,27)(H,29,30);/q;+1/p-1/t12?,14?,17-;/m0./s1. The fourth-order valence-corrected chi connectivity index (χ4v) is 5.82. The Hall–Kier alpha value is -2.39. The van der Waals surface area contributed by atoms with Gasteiger partial charge in [0.15, 0.2) is 0 Å². The summed E-state index contributed by atoms with van der Waals surface area (Å²) in [6, 6.07) is 7.39. The molecule has 15 heteroatoms. The number of carboxylic acid groups (broad SMARTS) is 1. The summed E-state index contributed by atoms with van der Waals surface area (Å²) in [5, 5.41) is 25.4. The number of fused-ring (bicyclic) bond motifs is 1. The fraction of sp³-hybridized carbons (Fsp3) is 0.316. The summed E-state index contributed by atoms with van der Waals surface area (Å²) in [5.41, 5.74) is 0.726. The van der Waals surface area contributed by atoms with Crippen LogP contribution in [0.5, 0.6) is 0 Å². The molecule has 3 heterocycles. The number of hydrogen-bond donors (Lipinski definition) is 1. The second-order valence-electron chi connectivity index (χ2n) is 7.03. The molecule has 2 aromatic rings. The SMILES string of the molecule is Cn1nnnc1SCC1=C(C(=O)[O-])N2C(=O)C(NC(=O)C(OC=O)c3ccccc3)[C@@H]2SC1.[Na+].